The maximum Gasteiger partial charge on any atom is 0.276 e. The minimum absolute atomic E-state index is 0.209. The number of amides is 1. The molecule has 0 unspecified atom stereocenters. The normalized spacial score (nSPS) is 10.9. The quantitative estimate of drug-likeness (QED) is 0.652. The number of aryl methyl sites for hydroxylation is 5. The van der Waals surface area contributed by atoms with Gasteiger partial charge >= 0.3 is 0 Å². The highest BCUT2D eigenvalue weighted by Crippen LogP contribution is 2.21. The molecule has 0 radical (unpaired) electrons. The van der Waals surface area contributed by atoms with Gasteiger partial charge in [-0.3, -0.25) is 9.48 Å². The van der Waals surface area contributed by atoms with Crippen LogP contribution in [0.2, 0.25) is 0 Å². The zero-order chi connectivity index (χ0) is 20.4. The van der Waals surface area contributed by atoms with Gasteiger partial charge in [0.2, 0.25) is 0 Å². The first-order valence-electron chi connectivity index (χ1n) is 9.15. The second kappa shape index (κ2) is 7.88. The molecule has 0 fully saturated rings. The number of rotatable bonds is 6. The number of hydrogen-bond acceptors (Lipinski definition) is 5. The highest BCUT2D eigenvalue weighted by Gasteiger charge is 2.24. The molecular weight excluding hydrogens is 356 g/mol. The van der Waals surface area contributed by atoms with Crippen LogP contribution in [0.15, 0.2) is 28.9 Å². The van der Waals surface area contributed by atoms with Crippen molar-refractivity contribution >= 4 is 5.91 Å². The molecule has 0 aliphatic heterocycles. The molecule has 7 nitrogen and oxygen atoms in total. The lowest BCUT2D eigenvalue weighted by molar-refractivity contribution is 0.0772. The van der Waals surface area contributed by atoms with E-state index in [0.29, 0.717) is 17.9 Å². The standard InChI is InChI=1S/C21H26N4O3/c1-13-7-14(2)9-18(8-13)27-12-19-16(4)28-23-20(19)21(26)24(5)10-17-11-25(6)22-15(17)3/h7-9,11H,10,12H2,1-6H3. The van der Waals surface area contributed by atoms with Crippen LogP contribution in [0, 0.1) is 27.7 Å². The Hall–Kier alpha value is -3.09. The number of benzene rings is 1. The van der Waals surface area contributed by atoms with Crippen LogP contribution in [0.4, 0.5) is 0 Å². The molecule has 3 rings (SSSR count). The zero-order valence-corrected chi connectivity index (χ0v) is 17.2. The van der Waals surface area contributed by atoms with Crippen molar-refractivity contribution in [1.29, 1.82) is 0 Å². The summed E-state index contributed by atoms with van der Waals surface area (Å²) < 4.78 is 12.9. The second-order valence-corrected chi connectivity index (χ2v) is 7.25. The van der Waals surface area contributed by atoms with Gasteiger partial charge < -0.3 is 14.2 Å². The number of nitrogens with zero attached hydrogens (tertiary/aromatic N) is 4. The predicted molar refractivity (Wildman–Crippen MR) is 105 cm³/mol. The van der Waals surface area contributed by atoms with Crippen LogP contribution in [-0.4, -0.2) is 32.8 Å². The van der Waals surface area contributed by atoms with Gasteiger partial charge in [-0.25, -0.2) is 0 Å². The third-order valence-electron chi connectivity index (χ3n) is 4.63. The maximum atomic E-state index is 12.9. The minimum Gasteiger partial charge on any atom is -0.489 e. The smallest absolute Gasteiger partial charge is 0.276 e. The van der Waals surface area contributed by atoms with Gasteiger partial charge in [-0.15, -0.1) is 0 Å². The summed E-state index contributed by atoms with van der Waals surface area (Å²) in [6, 6.07) is 6.02. The van der Waals surface area contributed by atoms with Gasteiger partial charge in [0.05, 0.1) is 11.3 Å². The monoisotopic (exact) mass is 382 g/mol. The van der Waals surface area contributed by atoms with Gasteiger partial charge in [-0.1, -0.05) is 11.2 Å². The molecule has 2 heterocycles. The number of aromatic nitrogens is 3. The van der Waals surface area contributed by atoms with Crippen molar-refractivity contribution in [3.05, 3.63) is 63.8 Å². The fraction of sp³-hybridized carbons (Fsp3) is 0.381. The Morgan fingerprint density at radius 1 is 1.18 bits per heavy atom. The van der Waals surface area contributed by atoms with Gasteiger partial charge in [0.25, 0.3) is 5.91 Å². The molecule has 0 saturated heterocycles. The third kappa shape index (κ3) is 4.24. The van der Waals surface area contributed by atoms with Gasteiger partial charge in [-0.2, -0.15) is 5.10 Å². The first-order valence-corrected chi connectivity index (χ1v) is 9.15. The van der Waals surface area contributed by atoms with Crippen LogP contribution in [-0.2, 0) is 20.2 Å². The van der Waals surface area contributed by atoms with E-state index in [-0.39, 0.29) is 18.2 Å². The Morgan fingerprint density at radius 3 is 2.46 bits per heavy atom. The predicted octanol–water partition coefficient (Wildman–Crippen LogP) is 3.49. The van der Waals surface area contributed by atoms with E-state index in [1.54, 1.807) is 23.6 Å². The number of ether oxygens (including phenoxy) is 1. The highest BCUT2D eigenvalue weighted by molar-refractivity contribution is 5.93. The van der Waals surface area contributed by atoms with Crippen LogP contribution in [0.25, 0.3) is 0 Å². The minimum atomic E-state index is -0.209. The summed E-state index contributed by atoms with van der Waals surface area (Å²) in [7, 11) is 3.61. The van der Waals surface area contributed by atoms with E-state index < -0.39 is 0 Å². The molecule has 7 heteroatoms. The molecule has 0 spiro atoms. The summed E-state index contributed by atoms with van der Waals surface area (Å²) in [5, 5.41) is 8.31. The Labute approximate surface area is 164 Å². The van der Waals surface area contributed by atoms with Crippen LogP contribution in [0.5, 0.6) is 5.75 Å². The summed E-state index contributed by atoms with van der Waals surface area (Å²) in [5.41, 5.74) is 5.09. The molecule has 0 aliphatic rings. The summed E-state index contributed by atoms with van der Waals surface area (Å²) >= 11 is 0. The van der Waals surface area contributed by atoms with Crippen LogP contribution in [0.3, 0.4) is 0 Å². The van der Waals surface area contributed by atoms with E-state index in [2.05, 4.69) is 16.3 Å². The van der Waals surface area contributed by atoms with Crippen LogP contribution in [0.1, 0.15) is 44.2 Å². The van der Waals surface area contributed by atoms with Crippen molar-refractivity contribution in [2.24, 2.45) is 7.05 Å². The van der Waals surface area contributed by atoms with E-state index in [1.807, 2.05) is 46.1 Å². The van der Waals surface area contributed by atoms with E-state index in [9.17, 15) is 4.79 Å². The lowest BCUT2D eigenvalue weighted by atomic mass is 10.1. The van der Waals surface area contributed by atoms with Crippen molar-refractivity contribution in [1.82, 2.24) is 19.8 Å². The molecule has 28 heavy (non-hydrogen) atoms. The van der Waals surface area contributed by atoms with Gasteiger partial charge in [0, 0.05) is 32.4 Å². The average Bonchev–Trinajstić information content (AvgIpc) is 3.13. The number of hydrogen-bond donors (Lipinski definition) is 0. The molecule has 2 aromatic heterocycles. The topological polar surface area (TPSA) is 73.4 Å². The van der Waals surface area contributed by atoms with Crippen LogP contribution >= 0.6 is 0 Å². The van der Waals surface area contributed by atoms with Crippen molar-refractivity contribution < 1.29 is 14.1 Å². The Morgan fingerprint density at radius 2 is 1.86 bits per heavy atom. The fourth-order valence-electron chi connectivity index (χ4n) is 3.21. The fourth-order valence-corrected chi connectivity index (χ4v) is 3.21. The van der Waals surface area contributed by atoms with Crippen molar-refractivity contribution in [2.45, 2.75) is 40.8 Å². The summed E-state index contributed by atoms with van der Waals surface area (Å²) in [6.07, 6.45) is 1.91. The summed E-state index contributed by atoms with van der Waals surface area (Å²) in [5.74, 6) is 1.13. The molecule has 3 aromatic rings. The molecule has 0 aliphatic carbocycles. The molecular formula is C21H26N4O3. The Bertz CT molecular complexity index is 983. The van der Waals surface area contributed by atoms with E-state index in [0.717, 1.165) is 28.1 Å². The highest BCUT2D eigenvalue weighted by atomic mass is 16.5. The van der Waals surface area contributed by atoms with Crippen molar-refractivity contribution in [2.75, 3.05) is 7.05 Å². The zero-order valence-electron chi connectivity index (χ0n) is 17.2. The summed E-state index contributed by atoms with van der Waals surface area (Å²) in [6.45, 7) is 8.43. The lowest BCUT2D eigenvalue weighted by Crippen LogP contribution is -2.27. The first-order chi connectivity index (χ1) is 13.2. The van der Waals surface area contributed by atoms with E-state index in [1.165, 1.54) is 0 Å². The molecule has 1 amide bonds. The molecule has 0 atom stereocenters. The number of carbonyl (C=O) groups is 1. The largest absolute Gasteiger partial charge is 0.489 e. The molecule has 1 aromatic carbocycles. The lowest BCUT2D eigenvalue weighted by Gasteiger charge is -2.16. The number of carbonyl (C=O) groups excluding carboxylic acids is 1. The first kappa shape index (κ1) is 19.7. The Kier molecular flexibility index (Phi) is 5.53. The third-order valence-corrected chi connectivity index (χ3v) is 4.63. The maximum absolute atomic E-state index is 12.9. The van der Waals surface area contributed by atoms with Crippen LogP contribution < -0.4 is 4.74 Å². The molecule has 148 valence electrons. The second-order valence-electron chi connectivity index (χ2n) is 7.25. The Balaban J connectivity index is 1.75. The average molecular weight is 382 g/mol. The van der Waals surface area contributed by atoms with Gasteiger partial charge in [0.1, 0.15) is 18.1 Å². The summed E-state index contributed by atoms with van der Waals surface area (Å²) in [4.78, 5) is 14.6. The van der Waals surface area contributed by atoms with Gasteiger partial charge in [0.15, 0.2) is 5.69 Å². The van der Waals surface area contributed by atoms with E-state index >= 15 is 0 Å². The molecule has 0 N–H and O–H groups in total. The van der Waals surface area contributed by atoms with Crippen molar-refractivity contribution in [3.8, 4) is 5.75 Å². The molecule has 0 bridgehead atoms. The SMILES string of the molecule is Cc1cc(C)cc(OCc2c(C(=O)N(C)Cc3cn(C)nc3C)noc2C)c1. The van der Waals surface area contributed by atoms with Crippen molar-refractivity contribution in [3.63, 3.8) is 0 Å². The van der Waals surface area contributed by atoms with E-state index in [4.69, 9.17) is 9.26 Å². The van der Waals surface area contributed by atoms with Gasteiger partial charge in [-0.05, 0) is 51.0 Å². The molecule has 0 saturated carbocycles.